The minimum absolute atomic E-state index is 0.0223. The average Bonchev–Trinajstić information content (AvgIpc) is 2.28. The first-order valence-electron chi connectivity index (χ1n) is 4.64. The number of amides is 1. The van der Waals surface area contributed by atoms with Crippen molar-refractivity contribution in [3.05, 3.63) is 0 Å². The molecule has 0 saturated carbocycles. The number of aliphatic carboxylic acids is 1. The van der Waals surface area contributed by atoms with Crippen LogP contribution in [0.2, 0.25) is 0 Å². The molecule has 0 bridgehead atoms. The summed E-state index contributed by atoms with van der Waals surface area (Å²) in [6, 6.07) is 0. The van der Waals surface area contributed by atoms with Gasteiger partial charge in [-0.15, -0.1) is 0 Å². The molecule has 1 atom stereocenters. The van der Waals surface area contributed by atoms with E-state index in [-0.39, 0.29) is 18.2 Å². The van der Waals surface area contributed by atoms with Crippen LogP contribution in [0.15, 0.2) is 0 Å². The van der Waals surface area contributed by atoms with Gasteiger partial charge in [0.25, 0.3) is 0 Å². The zero-order valence-electron chi connectivity index (χ0n) is 8.23. The van der Waals surface area contributed by atoms with E-state index in [1.807, 2.05) is 0 Å². The van der Waals surface area contributed by atoms with E-state index in [1.165, 1.54) is 6.92 Å². The second kappa shape index (κ2) is 4.95. The van der Waals surface area contributed by atoms with Crippen LogP contribution < -0.4 is 0 Å². The molecule has 5 heteroatoms. The van der Waals surface area contributed by atoms with E-state index in [0.717, 1.165) is 0 Å². The van der Waals surface area contributed by atoms with Crippen LogP contribution in [0, 0.1) is 5.92 Å². The largest absolute Gasteiger partial charge is 0.481 e. The van der Waals surface area contributed by atoms with Crippen molar-refractivity contribution < 1.29 is 19.4 Å². The summed E-state index contributed by atoms with van der Waals surface area (Å²) >= 11 is 0. The fraction of sp³-hybridized carbons (Fsp3) is 0.778. The molecule has 5 nitrogen and oxygen atoms in total. The topological polar surface area (TPSA) is 66.8 Å². The Morgan fingerprint density at radius 1 is 1.57 bits per heavy atom. The van der Waals surface area contributed by atoms with Crippen LogP contribution in [0.1, 0.15) is 13.3 Å². The average molecular weight is 201 g/mol. The van der Waals surface area contributed by atoms with Crippen molar-refractivity contribution in [2.45, 2.75) is 13.3 Å². The second-order valence-corrected chi connectivity index (χ2v) is 3.50. The Hall–Kier alpha value is -1.10. The van der Waals surface area contributed by atoms with E-state index in [1.54, 1.807) is 4.90 Å². The summed E-state index contributed by atoms with van der Waals surface area (Å²) in [4.78, 5) is 23.2. The molecule has 1 amide bonds. The van der Waals surface area contributed by atoms with Crippen LogP contribution in [-0.4, -0.2) is 48.2 Å². The quantitative estimate of drug-likeness (QED) is 0.680. The van der Waals surface area contributed by atoms with E-state index in [2.05, 4.69) is 0 Å². The van der Waals surface area contributed by atoms with Gasteiger partial charge < -0.3 is 14.7 Å². The molecule has 1 unspecified atom stereocenters. The Balaban J connectivity index is 2.51. The molecule has 0 aromatic heterocycles. The summed E-state index contributed by atoms with van der Waals surface area (Å²) in [7, 11) is 0. The predicted molar refractivity (Wildman–Crippen MR) is 48.8 cm³/mol. The fourth-order valence-corrected chi connectivity index (χ4v) is 1.54. The highest BCUT2D eigenvalue weighted by molar-refractivity contribution is 5.73. The first kappa shape index (κ1) is 11.0. The van der Waals surface area contributed by atoms with Crippen LogP contribution in [0.4, 0.5) is 0 Å². The van der Waals surface area contributed by atoms with Crippen molar-refractivity contribution in [2.75, 3.05) is 26.3 Å². The van der Waals surface area contributed by atoms with E-state index in [0.29, 0.717) is 26.3 Å². The first-order chi connectivity index (χ1) is 6.59. The molecule has 1 rings (SSSR count). The summed E-state index contributed by atoms with van der Waals surface area (Å²) in [5.41, 5.74) is 0. The van der Waals surface area contributed by atoms with Crippen molar-refractivity contribution in [3.63, 3.8) is 0 Å². The van der Waals surface area contributed by atoms with Crippen LogP contribution >= 0.6 is 0 Å². The molecule has 1 aliphatic rings. The number of nitrogens with zero attached hydrogens (tertiary/aromatic N) is 1. The van der Waals surface area contributed by atoms with Crippen LogP contribution in [0.5, 0.6) is 0 Å². The molecule has 1 N–H and O–H groups in total. The van der Waals surface area contributed by atoms with Gasteiger partial charge in [-0.25, -0.2) is 0 Å². The summed E-state index contributed by atoms with van der Waals surface area (Å²) in [6.45, 7) is 3.46. The molecule has 0 aliphatic carbocycles. The number of carbonyl (C=O) groups is 2. The molecule has 0 radical (unpaired) electrons. The molecular weight excluding hydrogens is 186 g/mol. The van der Waals surface area contributed by atoms with Crippen molar-refractivity contribution >= 4 is 11.9 Å². The van der Waals surface area contributed by atoms with Gasteiger partial charge in [0.15, 0.2) is 0 Å². The molecule has 80 valence electrons. The lowest BCUT2D eigenvalue weighted by Crippen LogP contribution is -2.34. The Morgan fingerprint density at radius 2 is 2.29 bits per heavy atom. The standard InChI is InChI=1S/C9H15NO4/c1-7(11)10-2-3-14-6-8(5-10)4-9(12)13/h8H,2-6H2,1H3,(H,12,13). The maximum Gasteiger partial charge on any atom is 0.303 e. The fourth-order valence-electron chi connectivity index (χ4n) is 1.54. The van der Waals surface area contributed by atoms with Gasteiger partial charge in [0.05, 0.1) is 19.6 Å². The Morgan fingerprint density at radius 3 is 2.86 bits per heavy atom. The highest BCUT2D eigenvalue weighted by Crippen LogP contribution is 2.10. The smallest absolute Gasteiger partial charge is 0.303 e. The Bertz CT molecular complexity index is 229. The van der Waals surface area contributed by atoms with Crippen LogP contribution in [0.25, 0.3) is 0 Å². The third-order valence-electron chi connectivity index (χ3n) is 2.25. The second-order valence-electron chi connectivity index (χ2n) is 3.50. The van der Waals surface area contributed by atoms with Crippen molar-refractivity contribution in [2.24, 2.45) is 5.92 Å². The number of carboxylic acids is 1. The van der Waals surface area contributed by atoms with Gasteiger partial charge >= 0.3 is 5.97 Å². The van der Waals surface area contributed by atoms with Crippen molar-refractivity contribution in [3.8, 4) is 0 Å². The number of hydrogen-bond donors (Lipinski definition) is 1. The Labute approximate surface area is 82.6 Å². The van der Waals surface area contributed by atoms with Gasteiger partial charge in [0, 0.05) is 25.9 Å². The molecule has 0 aromatic rings. The van der Waals surface area contributed by atoms with Gasteiger partial charge in [-0.1, -0.05) is 0 Å². The zero-order chi connectivity index (χ0) is 10.6. The van der Waals surface area contributed by atoms with Gasteiger partial charge in [-0.2, -0.15) is 0 Å². The zero-order valence-corrected chi connectivity index (χ0v) is 8.23. The minimum atomic E-state index is -0.844. The molecular formula is C9H15NO4. The van der Waals surface area contributed by atoms with Crippen molar-refractivity contribution in [1.82, 2.24) is 4.90 Å². The monoisotopic (exact) mass is 201 g/mol. The lowest BCUT2D eigenvalue weighted by molar-refractivity contribution is -0.139. The summed E-state index contributed by atoms with van der Waals surface area (Å²) in [5, 5.41) is 8.62. The predicted octanol–water partition coefficient (Wildman–Crippen LogP) is -0.0440. The van der Waals surface area contributed by atoms with Crippen LogP contribution in [-0.2, 0) is 14.3 Å². The van der Waals surface area contributed by atoms with Gasteiger partial charge in [0.1, 0.15) is 0 Å². The maximum atomic E-state index is 11.1. The lowest BCUT2D eigenvalue weighted by atomic mass is 10.1. The number of carboxylic acid groups (broad SMARTS) is 1. The molecule has 0 spiro atoms. The van der Waals surface area contributed by atoms with E-state index in [9.17, 15) is 9.59 Å². The number of ether oxygens (including phenoxy) is 1. The molecule has 1 fully saturated rings. The van der Waals surface area contributed by atoms with Crippen LogP contribution in [0.3, 0.4) is 0 Å². The molecule has 1 heterocycles. The van der Waals surface area contributed by atoms with Gasteiger partial charge in [-0.3, -0.25) is 9.59 Å². The van der Waals surface area contributed by atoms with E-state index in [4.69, 9.17) is 9.84 Å². The van der Waals surface area contributed by atoms with E-state index < -0.39 is 5.97 Å². The summed E-state index contributed by atoms with van der Waals surface area (Å²) in [5.74, 6) is -0.950. The van der Waals surface area contributed by atoms with Crippen molar-refractivity contribution in [1.29, 1.82) is 0 Å². The Kier molecular flexibility index (Phi) is 3.88. The lowest BCUT2D eigenvalue weighted by Gasteiger charge is -2.20. The SMILES string of the molecule is CC(=O)N1CCOCC(CC(=O)O)C1. The summed E-state index contributed by atoms with van der Waals surface area (Å²) < 4.78 is 5.23. The number of carbonyl (C=O) groups excluding carboxylic acids is 1. The summed E-state index contributed by atoms with van der Waals surface area (Å²) in [6.07, 6.45) is 0.0593. The number of rotatable bonds is 2. The molecule has 1 saturated heterocycles. The minimum Gasteiger partial charge on any atom is -0.481 e. The molecule has 0 aromatic carbocycles. The maximum absolute atomic E-state index is 11.1. The number of hydrogen-bond acceptors (Lipinski definition) is 3. The highest BCUT2D eigenvalue weighted by atomic mass is 16.5. The third kappa shape index (κ3) is 3.33. The van der Waals surface area contributed by atoms with Gasteiger partial charge in [0.2, 0.25) is 5.91 Å². The third-order valence-corrected chi connectivity index (χ3v) is 2.25. The van der Waals surface area contributed by atoms with E-state index >= 15 is 0 Å². The molecule has 1 aliphatic heterocycles. The first-order valence-corrected chi connectivity index (χ1v) is 4.64. The van der Waals surface area contributed by atoms with Gasteiger partial charge in [-0.05, 0) is 0 Å². The normalized spacial score (nSPS) is 22.9. The highest BCUT2D eigenvalue weighted by Gasteiger charge is 2.22. The molecule has 14 heavy (non-hydrogen) atoms.